The van der Waals surface area contributed by atoms with Gasteiger partial charge in [-0.2, -0.15) is 0 Å². The normalized spacial score (nSPS) is 16.5. The van der Waals surface area contributed by atoms with Gasteiger partial charge in [0.25, 0.3) is 0 Å². The summed E-state index contributed by atoms with van der Waals surface area (Å²) in [5, 5.41) is 5.82. The van der Waals surface area contributed by atoms with E-state index in [4.69, 9.17) is 4.74 Å². The van der Waals surface area contributed by atoms with Gasteiger partial charge in [-0.3, -0.25) is 10.1 Å². The molecule has 156 valence electrons. The third kappa shape index (κ3) is 6.82. The fourth-order valence-corrected chi connectivity index (χ4v) is 3.63. The van der Waals surface area contributed by atoms with Crippen molar-refractivity contribution >= 4 is 17.7 Å². The summed E-state index contributed by atoms with van der Waals surface area (Å²) in [6.07, 6.45) is 5.83. The Morgan fingerprint density at radius 1 is 1.07 bits per heavy atom. The van der Waals surface area contributed by atoms with E-state index >= 15 is 0 Å². The molecule has 0 unspecified atom stereocenters. The Labute approximate surface area is 169 Å². The minimum absolute atomic E-state index is 0.0275. The SMILES string of the molecule is CN(C)C1(CNC(=O)Cc2ccc(NC(=O)OC(C)(C)C)cc2)CCCCC1. The summed E-state index contributed by atoms with van der Waals surface area (Å²) in [6, 6.07) is 7.28. The molecule has 2 rings (SSSR count). The van der Waals surface area contributed by atoms with Crippen LogP contribution in [0.15, 0.2) is 24.3 Å². The highest BCUT2D eigenvalue weighted by atomic mass is 16.6. The van der Waals surface area contributed by atoms with Gasteiger partial charge >= 0.3 is 6.09 Å². The number of amides is 2. The number of anilines is 1. The van der Waals surface area contributed by atoms with Crippen LogP contribution in [0.25, 0.3) is 0 Å². The van der Waals surface area contributed by atoms with Crippen LogP contribution in [-0.2, 0) is 16.0 Å². The van der Waals surface area contributed by atoms with E-state index in [2.05, 4.69) is 29.6 Å². The van der Waals surface area contributed by atoms with Crippen LogP contribution >= 0.6 is 0 Å². The molecule has 0 bridgehead atoms. The Bertz CT molecular complexity index is 657. The van der Waals surface area contributed by atoms with Crippen LogP contribution in [0.4, 0.5) is 10.5 Å². The van der Waals surface area contributed by atoms with Gasteiger partial charge in [-0.1, -0.05) is 31.4 Å². The van der Waals surface area contributed by atoms with Crippen LogP contribution < -0.4 is 10.6 Å². The van der Waals surface area contributed by atoms with Crippen molar-refractivity contribution in [1.29, 1.82) is 0 Å². The zero-order chi connectivity index (χ0) is 20.8. The molecule has 0 aromatic heterocycles. The van der Waals surface area contributed by atoms with Crippen LogP contribution in [0.1, 0.15) is 58.4 Å². The lowest BCUT2D eigenvalue weighted by Gasteiger charge is -2.43. The Morgan fingerprint density at radius 2 is 1.68 bits per heavy atom. The number of hydrogen-bond donors (Lipinski definition) is 2. The van der Waals surface area contributed by atoms with E-state index in [0.717, 1.165) is 18.4 Å². The molecule has 0 radical (unpaired) electrons. The molecule has 2 amide bonds. The zero-order valence-corrected chi connectivity index (χ0v) is 17.9. The molecule has 28 heavy (non-hydrogen) atoms. The second-order valence-corrected chi connectivity index (χ2v) is 8.96. The van der Waals surface area contributed by atoms with Gasteiger partial charge in [0.05, 0.1) is 6.42 Å². The number of hydrogen-bond acceptors (Lipinski definition) is 4. The van der Waals surface area contributed by atoms with E-state index in [9.17, 15) is 9.59 Å². The standard InChI is InChI=1S/C22H35N3O3/c1-21(2,3)28-20(27)24-18-11-9-17(10-12-18)15-19(26)23-16-22(25(4)5)13-7-6-8-14-22/h9-12H,6-8,13-16H2,1-5H3,(H,23,26)(H,24,27). The van der Waals surface area contributed by atoms with Crippen LogP contribution in [0.5, 0.6) is 0 Å². The fourth-order valence-electron chi connectivity index (χ4n) is 3.63. The Balaban J connectivity index is 1.84. The van der Waals surface area contributed by atoms with E-state index in [1.165, 1.54) is 19.3 Å². The number of likely N-dealkylation sites (N-methyl/N-ethyl adjacent to an activating group) is 1. The molecule has 1 aliphatic rings. The minimum Gasteiger partial charge on any atom is -0.444 e. The molecule has 1 aliphatic carbocycles. The maximum absolute atomic E-state index is 12.4. The molecule has 0 heterocycles. The highest BCUT2D eigenvalue weighted by Gasteiger charge is 2.34. The smallest absolute Gasteiger partial charge is 0.412 e. The van der Waals surface area contributed by atoms with E-state index in [-0.39, 0.29) is 11.4 Å². The number of nitrogens with one attached hydrogen (secondary N) is 2. The van der Waals surface area contributed by atoms with E-state index in [1.807, 2.05) is 32.9 Å². The molecule has 0 atom stereocenters. The minimum atomic E-state index is -0.537. The lowest BCUT2D eigenvalue weighted by molar-refractivity contribution is -0.121. The summed E-state index contributed by atoms with van der Waals surface area (Å²) in [6.45, 7) is 6.16. The molecule has 1 aromatic carbocycles. The first kappa shape index (κ1) is 22.2. The molecule has 1 fully saturated rings. The Hall–Kier alpha value is -2.08. The van der Waals surface area contributed by atoms with Crippen molar-refractivity contribution in [2.75, 3.05) is 26.0 Å². The summed E-state index contributed by atoms with van der Waals surface area (Å²) >= 11 is 0. The predicted octanol–water partition coefficient (Wildman–Crippen LogP) is 3.96. The highest BCUT2D eigenvalue weighted by Crippen LogP contribution is 2.31. The lowest BCUT2D eigenvalue weighted by Crippen LogP contribution is -2.54. The number of rotatable bonds is 6. The van der Waals surface area contributed by atoms with Crippen molar-refractivity contribution in [2.45, 2.75) is 70.4 Å². The van der Waals surface area contributed by atoms with Crippen LogP contribution in [0, 0.1) is 0 Å². The van der Waals surface area contributed by atoms with E-state index < -0.39 is 11.7 Å². The predicted molar refractivity (Wildman–Crippen MR) is 113 cm³/mol. The van der Waals surface area contributed by atoms with Gasteiger partial charge in [0.15, 0.2) is 0 Å². The van der Waals surface area contributed by atoms with E-state index in [1.54, 1.807) is 12.1 Å². The van der Waals surface area contributed by atoms with Crippen molar-refractivity contribution in [1.82, 2.24) is 10.2 Å². The van der Waals surface area contributed by atoms with Gasteiger partial charge in [0, 0.05) is 17.8 Å². The fraction of sp³-hybridized carbons (Fsp3) is 0.636. The summed E-state index contributed by atoms with van der Waals surface area (Å²) in [4.78, 5) is 26.5. The number of carbonyl (C=O) groups excluding carboxylic acids is 2. The lowest BCUT2D eigenvalue weighted by atomic mass is 9.80. The third-order valence-electron chi connectivity index (χ3n) is 5.31. The van der Waals surface area contributed by atoms with Crippen LogP contribution in [-0.4, -0.2) is 48.7 Å². The molecular formula is C22H35N3O3. The van der Waals surface area contributed by atoms with Crippen molar-refractivity contribution in [3.05, 3.63) is 29.8 Å². The summed E-state index contributed by atoms with van der Waals surface area (Å²) in [5.41, 5.74) is 1.10. The summed E-state index contributed by atoms with van der Waals surface area (Å²) in [7, 11) is 4.21. The second-order valence-electron chi connectivity index (χ2n) is 8.96. The quantitative estimate of drug-likeness (QED) is 0.773. The average molecular weight is 390 g/mol. The molecule has 1 aromatic rings. The van der Waals surface area contributed by atoms with Gasteiger partial charge in [0.2, 0.25) is 5.91 Å². The molecule has 6 nitrogen and oxygen atoms in total. The van der Waals surface area contributed by atoms with Crippen molar-refractivity contribution in [3.8, 4) is 0 Å². The Morgan fingerprint density at radius 3 is 2.21 bits per heavy atom. The maximum Gasteiger partial charge on any atom is 0.412 e. The van der Waals surface area contributed by atoms with Crippen molar-refractivity contribution < 1.29 is 14.3 Å². The van der Waals surface area contributed by atoms with Gasteiger partial charge in [-0.15, -0.1) is 0 Å². The number of nitrogens with zero attached hydrogens (tertiary/aromatic N) is 1. The molecule has 0 spiro atoms. The molecule has 1 saturated carbocycles. The molecule has 2 N–H and O–H groups in total. The van der Waals surface area contributed by atoms with Gasteiger partial charge in [0.1, 0.15) is 5.60 Å². The average Bonchev–Trinajstić information content (AvgIpc) is 2.61. The van der Waals surface area contributed by atoms with Crippen molar-refractivity contribution in [3.63, 3.8) is 0 Å². The van der Waals surface area contributed by atoms with Gasteiger partial charge in [-0.25, -0.2) is 4.79 Å². The summed E-state index contributed by atoms with van der Waals surface area (Å²) in [5.74, 6) is 0.0275. The van der Waals surface area contributed by atoms with Crippen LogP contribution in [0.3, 0.4) is 0 Å². The monoisotopic (exact) mass is 389 g/mol. The topological polar surface area (TPSA) is 70.7 Å². The number of ether oxygens (including phenoxy) is 1. The number of benzene rings is 1. The first-order chi connectivity index (χ1) is 13.1. The second kappa shape index (κ2) is 9.41. The highest BCUT2D eigenvalue weighted by molar-refractivity contribution is 5.85. The largest absolute Gasteiger partial charge is 0.444 e. The first-order valence-corrected chi connectivity index (χ1v) is 10.1. The molecular weight excluding hydrogens is 354 g/mol. The van der Waals surface area contributed by atoms with Crippen molar-refractivity contribution in [2.24, 2.45) is 0 Å². The Kier molecular flexibility index (Phi) is 7.47. The molecule has 0 saturated heterocycles. The maximum atomic E-state index is 12.4. The number of carbonyl (C=O) groups is 2. The van der Waals surface area contributed by atoms with Gasteiger partial charge < -0.3 is 15.0 Å². The third-order valence-corrected chi connectivity index (χ3v) is 5.31. The molecule has 6 heteroatoms. The summed E-state index contributed by atoms with van der Waals surface area (Å²) < 4.78 is 5.24. The zero-order valence-electron chi connectivity index (χ0n) is 17.9. The first-order valence-electron chi connectivity index (χ1n) is 10.1. The van der Waals surface area contributed by atoms with Crippen LogP contribution in [0.2, 0.25) is 0 Å². The van der Waals surface area contributed by atoms with E-state index in [0.29, 0.717) is 18.7 Å². The van der Waals surface area contributed by atoms with Gasteiger partial charge in [-0.05, 0) is 65.4 Å². The molecule has 0 aliphatic heterocycles.